The van der Waals surface area contributed by atoms with E-state index in [9.17, 15) is 13.2 Å². The zero-order valence-corrected chi connectivity index (χ0v) is 7.17. The molecule has 0 aromatic rings. The summed E-state index contributed by atoms with van der Waals surface area (Å²) in [5.74, 6) is -1.02. The van der Waals surface area contributed by atoms with E-state index in [0.29, 0.717) is 0 Å². The van der Waals surface area contributed by atoms with Crippen LogP contribution in [0.5, 0.6) is 0 Å². The number of rotatable bonds is 5. The Morgan fingerprint density at radius 2 is 2.08 bits per heavy atom. The van der Waals surface area contributed by atoms with Crippen LogP contribution in [0.1, 0.15) is 6.92 Å². The second-order valence-corrected chi connectivity index (χ2v) is 2.68. The van der Waals surface area contributed by atoms with Gasteiger partial charge in [-0.05, 0) is 11.3 Å². The standard InChI is InChI=1S/C5H8O6S.Li.H/c1-3-5(6)10-11-12(7,8)9-4-2;;/h3H,1,4H2,2H3;;. The molecule has 72 valence electrons. The first-order valence-corrected chi connectivity index (χ1v) is 4.27. The molecule has 0 amide bonds. The van der Waals surface area contributed by atoms with E-state index in [1.165, 1.54) is 6.92 Å². The van der Waals surface area contributed by atoms with E-state index in [1.807, 2.05) is 0 Å². The molecule has 0 aliphatic heterocycles. The molecule has 0 saturated carbocycles. The Morgan fingerprint density at radius 1 is 1.54 bits per heavy atom. The molecule has 0 atom stereocenters. The van der Waals surface area contributed by atoms with Crippen molar-refractivity contribution in [1.29, 1.82) is 0 Å². The van der Waals surface area contributed by atoms with Crippen molar-refractivity contribution in [3.05, 3.63) is 12.7 Å². The Balaban J connectivity index is 0. The van der Waals surface area contributed by atoms with Gasteiger partial charge in [-0.2, -0.15) is 8.42 Å². The summed E-state index contributed by atoms with van der Waals surface area (Å²) in [5, 5.41) is 0. The second kappa shape index (κ2) is 7.12. The molecule has 8 heteroatoms. The van der Waals surface area contributed by atoms with Crippen LogP contribution in [0, 0.1) is 0 Å². The van der Waals surface area contributed by atoms with Gasteiger partial charge in [-0.15, -0.1) is 0 Å². The average Bonchev–Trinajstić information content (AvgIpc) is 2.00. The fraction of sp³-hybridized carbons (Fsp3) is 0.400. The zero-order valence-electron chi connectivity index (χ0n) is 6.35. The molecule has 0 aromatic carbocycles. The predicted molar refractivity (Wildman–Crippen MR) is 45.1 cm³/mol. The minimum absolute atomic E-state index is 0. The van der Waals surface area contributed by atoms with Crippen LogP contribution in [0.15, 0.2) is 12.7 Å². The van der Waals surface area contributed by atoms with E-state index in [2.05, 4.69) is 20.0 Å². The Bertz CT molecular complexity index is 258. The maximum atomic E-state index is 10.5. The molecule has 0 N–H and O–H groups in total. The molecule has 0 aromatic heterocycles. The Hall–Kier alpha value is -0.323. The van der Waals surface area contributed by atoms with Gasteiger partial charge in [0.1, 0.15) is 0 Å². The van der Waals surface area contributed by atoms with Crippen molar-refractivity contribution < 1.29 is 26.6 Å². The third-order valence-corrected chi connectivity index (χ3v) is 1.39. The quantitative estimate of drug-likeness (QED) is 0.254. The van der Waals surface area contributed by atoms with Crippen LogP contribution in [0.4, 0.5) is 0 Å². The number of carbonyl (C=O) groups excluding carboxylic acids is 1. The molecule has 0 fully saturated rings. The number of hydrogen-bond acceptors (Lipinski definition) is 6. The van der Waals surface area contributed by atoms with Crippen molar-refractivity contribution in [2.45, 2.75) is 6.92 Å². The summed E-state index contributed by atoms with van der Waals surface area (Å²) in [4.78, 5) is 14.0. The van der Waals surface area contributed by atoms with Crippen molar-refractivity contribution in [3.63, 3.8) is 0 Å². The van der Waals surface area contributed by atoms with E-state index in [0.717, 1.165) is 6.08 Å². The Labute approximate surface area is 88.3 Å². The summed E-state index contributed by atoms with van der Waals surface area (Å²) in [6.07, 6.45) is 0.751. The average molecular weight is 204 g/mol. The molecule has 0 bridgehead atoms. The first-order valence-electron chi connectivity index (χ1n) is 2.93. The monoisotopic (exact) mass is 204 g/mol. The van der Waals surface area contributed by atoms with E-state index in [-0.39, 0.29) is 25.5 Å². The topological polar surface area (TPSA) is 78.9 Å². The molecule has 0 aliphatic rings. The van der Waals surface area contributed by atoms with E-state index < -0.39 is 16.4 Å². The van der Waals surface area contributed by atoms with Gasteiger partial charge in [-0.3, -0.25) is 4.89 Å². The molecule has 0 radical (unpaired) electrons. The van der Waals surface area contributed by atoms with Crippen LogP contribution in [0.3, 0.4) is 0 Å². The molecule has 0 saturated heterocycles. The fourth-order valence-electron chi connectivity index (χ4n) is 0.273. The predicted octanol–water partition coefficient (Wildman–Crippen LogP) is -0.720. The van der Waals surface area contributed by atoms with Crippen molar-refractivity contribution in [1.82, 2.24) is 0 Å². The molecule has 6 nitrogen and oxygen atoms in total. The molecule has 13 heavy (non-hydrogen) atoms. The van der Waals surface area contributed by atoms with Crippen molar-refractivity contribution >= 4 is 35.2 Å². The molecular weight excluding hydrogens is 195 g/mol. The summed E-state index contributed by atoms with van der Waals surface area (Å²) in [7, 11) is -4.23. The fourth-order valence-corrected chi connectivity index (χ4v) is 0.752. The minimum atomic E-state index is -4.23. The SMILES string of the molecule is C=CC(=O)OOS(=O)(=O)OCC.[LiH]. The zero-order chi connectivity index (χ0) is 9.61. The van der Waals surface area contributed by atoms with E-state index >= 15 is 0 Å². The molecule has 0 unspecified atom stereocenters. The molecule has 0 rings (SSSR count). The van der Waals surface area contributed by atoms with Gasteiger partial charge in [0.2, 0.25) is 0 Å². The van der Waals surface area contributed by atoms with Crippen molar-refractivity contribution in [2.75, 3.05) is 6.61 Å². The first kappa shape index (κ1) is 15.2. The number of hydrogen-bond donors (Lipinski definition) is 0. The van der Waals surface area contributed by atoms with Crippen LogP contribution in [-0.4, -0.2) is 39.9 Å². The Kier molecular flexibility index (Phi) is 8.30. The van der Waals surface area contributed by atoms with Crippen LogP contribution in [0.2, 0.25) is 0 Å². The summed E-state index contributed by atoms with van der Waals surface area (Å²) in [5.41, 5.74) is 0. The van der Waals surface area contributed by atoms with Crippen LogP contribution >= 0.6 is 0 Å². The van der Waals surface area contributed by atoms with Gasteiger partial charge in [0.05, 0.1) is 6.61 Å². The van der Waals surface area contributed by atoms with E-state index in [4.69, 9.17) is 0 Å². The van der Waals surface area contributed by atoms with Crippen LogP contribution in [0.25, 0.3) is 0 Å². The molecule has 0 heterocycles. The van der Waals surface area contributed by atoms with Crippen LogP contribution < -0.4 is 0 Å². The van der Waals surface area contributed by atoms with Gasteiger partial charge in [0.15, 0.2) is 0 Å². The van der Waals surface area contributed by atoms with Gasteiger partial charge in [0, 0.05) is 6.08 Å². The molecular formula is C5H9LiO6S. The second-order valence-electron chi connectivity index (χ2n) is 1.49. The third-order valence-electron chi connectivity index (χ3n) is 0.628. The Morgan fingerprint density at radius 3 is 2.46 bits per heavy atom. The van der Waals surface area contributed by atoms with Crippen molar-refractivity contribution in [3.8, 4) is 0 Å². The first-order chi connectivity index (χ1) is 5.52. The van der Waals surface area contributed by atoms with Gasteiger partial charge in [-0.1, -0.05) is 6.58 Å². The van der Waals surface area contributed by atoms with Crippen LogP contribution in [-0.2, 0) is 28.6 Å². The summed E-state index contributed by atoms with van der Waals surface area (Å²) >= 11 is 0. The van der Waals surface area contributed by atoms with Gasteiger partial charge >= 0.3 is 35.2 Å². The van der Waals surface area contributed by atoms with E-state index in [1.54, 1.807) is 0 Å². The molecule has 0 spiro atoms. The van der Waals surface area contributed by atoms with Gasteiger partial charge < -0.3 is 0 Å². The normalized spacial score (nSPS) is 9.92. The molecule has 0 aliphatic carbocycles. The number of carbonyl (C=O) groups is 1. The maximum absolute atomic E-state index is 10.5. The van der Waals surface area contributed by atoms with Crippen molar-refractivity contribution in [2.24, 2.45) is 0 Å². The third kappa shape index (κ3) is 8.02. The summed E-state index contributed by atoms with van der Waals surface area (Å²) < 4.78 is 28.7. The summed E-state index contributed by atoms with van der Waals surface area (Å²) in [6, 6.07) is 0. The summed E-state index contributed by atoms with van der Waals surface area (Å²) in [6.45, 7) is 4.35. The van der Waals surface area contributed by atoms with Gasteiger partial charge in [0.25, 0.3) is 0 Å². The van der Waals surface area contributed by atoms with Gasteiger partial charge in [-0.25, -0.2) is 8.98 Å².